The Hall–Kier alpha value is -3.90. The Morgan fingerprint density at radius 3 is 2.24 bits per heavy atom. The summed E-state index contributed by atoms with van der Waals surface area (Å²) in [6.45, 7) is 0.358. The topological polar surface area (TPSA) is 71.1 Å². The van der Waals surface area contributed by atoms with E-state index in [0.717, 1.165) is 16.0 Å². The van der Waals surface area contributed by atoms with Gasteiger partial charge in [-0.2, -0.15) is 0 Å². The molecule has 2 amide bonds. The summed E-state index contributed by atoms with van der Waals surface area (Å²) in [4.78, 5) is 30.5. The maximum absolute atomic E-state index is 13.2. The average molecular weight is 454 g/mol. The van der Waals surface area contributed by atoms with E-state index in [0.29, 0.717) is 17.8 Å². The highest BCUT2D eigenvalue weighted by atomic mass is 32.2. The van der Waals surface area contributed by atoms with Gasteiger partial charge in [0.05, 0.1) is 0 Å². The van der Waals surface area contributed by atoms with Gasteiger partial charge in [-0.05, 0) is 47.5 Å². The number of anilines is 1. The van der Waals surface area contributed by atoms with Gasteiger partial charge in [-0.3, -0.25) is 14.6 Å². The lowest BCUT2D eigenvalue weighted by atomic mass is 10.1. The molecule has 0 saturated carbocycles. The molecular weight excluding hydrogens is 430 g/mol. The van der Waals surface area contributed by atoms with Crippen molar-refractivity contribution in [3.05, 3.63) is 126 Å². The molecule has 0 aliphatic carbocycles. The van der Waals surface area contributed by atoms with E-state index in [-0.39, 0.29) is 17.1 Å². The molecule has 1 aromatic heterocycles. The van der Waals surface area contributed by atoms with Crippen LogP contribution in [0.15, 0.2) is 114 Å². The molecule has 0 aliphatic rings. The van der Waals surface area contributed by atoms with Crippen LogP contribution in [0.4, 0.5) is 5.69 Å². The first-order valence-electron chi connectivity index (χ1n) is 10.5. The fourth-order valence-electron chi connectivity index (χ4n) is 3.28. The standard InChI is InChI=1S/C27H23N3O2S/c31-26(22-14-16-28-17-15-22)30-23-11-7-8-20(18-23)19-29-27(32)25(21-9-3-1-4-10-21)33-24-12-5-2-6-13-24/h1-18,25H,19H2,(H,29,32)(H,30,31). The monoisotopic (exact) mass is 453 g/mol. The third-order valence-corrected chi connectivity index (χ3v) is 6.20. The van der Waals surface area contributed by atoms with Gasteiger partial charge in [0.25, 0.3) is 5.91 Å². The van der Waals surface area contributed by atoms with Gasteiger partial charge >= 0.3 is 0 Å². The van der Waals surface area contributed by atoms with Crippen LogP contribution >= 0.6 is 11.8 Å². The predicted molar refractivity (Wildman–Crippen MR) is 132 cm³/mol. The van der Waals surface area contributed by atoms with Crippen molar-refractivity contribution in [1.29, 1.82) is 0 Å². The Kier molecular flexibility index (Phi) is 7.51. The molecule has 4 rings (SSSR count). The maximum Gasteiger partial charge on any atom is 0.255 e. The number of nitrogens with zero attached hydrogens (tertiary/aromatic N) is 1. The van der Waals surface area contributed by atoms with Crippen LogP contribution in [0, 0.1) is 0 Å². The molecule has 2 N–H and O–H groups in total. The number of carbonyl (C=O) groups excluding carboxylic acids is 2. The first-order valence-corrected chi connectivity index (χ1v) is 11.4. The SMILES string of the molecule is O=C(Nc1cccc(CNC(=O)C(Sc2ccccc2)c2ccccc2)c1)c1ccncc1. The summed E-state index contributed by atoms with van der Waals surface area (Å²) in [6, 6.07) is 30.4. The van der Waals surface area contributed by atoms with E-state index in [1.54, 1.807) is 24.5 Å². The number of nitrogens with one attached hydrogen (secondary N) is 2. The van der Waals surface area contributed by atoms with Gasteiger partial charge in [-0.1, -0.05) is 60.7 Å². The molecule has 0 fully saturated rings. The molecule has 1 heterocycles. The molecule has 1 unspecified atom stereocenters. The van der Waals surface area contributed by atoms with Crippen LogP contribution in [0.1, 0.15) is 26.7 Å². The van der Waals surface area contributed by atoms with Crippen molar-refractivity contribution in [2.75, 3.05) is 5.32 Å². The first kappa shape index (κ1) is 22.3. The molecule has 0 radical (unpaired) electrons. The van der Waals surface area contributed by atoms with Crippen LogP contribution in [0.25, 0.3) is 0 Å². The van der Waals surface area contributed by atoms with Gasteiger partial charge in [0, 0.05) is 35.1 Å². The van der Waals surface area contributed by atoms with E-state index < -0.39 is 0 Å². The summed E-state index contributed by atoms with van der Waals surface area (Å²) in [7, 11) is 0. The molecule has 0 spiro atoms. The summed E-state index contributed by atoms with van der Waals surface area (Å²) >= 11 is 1.52. The summed E-state index contributed by atoms with van der Waals surface area (Å²) in [5.41, 5.74) is 3.05. The van der Waals surface area contributed by atoms with Crippen LogP contribution in [-0.4, -0.2) is 16.8 Å². The van der Waals surface area contributed by atoms with Crippen molar-refractivity contribution < 1.29 is 9.59 Å². The molecular formula is C27H23N3O2S. The zero-order valence-electron chi connectivity index (χ0n) is 17.8. The van der Waals surface area contributed by atoms with Gasteiger partial charge in [0.1, 0.15) is 5.25 Å². The van der Waals surface area contributed by atoms with Crippen LogP contribution in [0.2, 0.25) is 0 Å². The van der Waals surface area contributed by atoms with Gasteiger partial charge in [0.15, 0.2) is 0 Å². The third kappa shape index (κ3) is 6.30. The Morgan fingerprint density at radius 1 is 0.818 bits per heavy atom. The Balaban J connectivity index is 1.43. The maximum atomic E-state index is 13.2. The fraction of sp³-hybridized carbons (Fsp3) is 0.0741. The number of carbonyl (C=O) groups is 2. The van der Waals surface area contributed by atoms with Crippen molar-refractivity contribution in [3.63, 3.8) is 0 Å². The quantitative estimate of drug-likeness (QED) is 0.347. The lowest BCUT2D eigenvalue weighted by Gasteiger charge is -2.17. The largest absolute Gasteiger partial charge is 0.351 e. The van der Waals surface area contributed by atoms with E-state index in [1.165, 1.54) is 11.8 Å². The molecule has 33 heavy (non-hydrogen) atoms. The van der Waals surface area contributed by atoms with Gasteiger partial charge < -0.3 is 10.6 Å². The number of amides is 2. The molecule has 0 aliphatic heterocycles. The lowest BCUT2D eigenvalue weighted by Crippen LogP contribution is -2.27. The number of hydrogen-bond acceptors (Lipinski definition) is 4. The van der Waals surface area contributed by atoms with E-state index >= 15 is 0 Å². The Labute approximate surface area is 197 Å². The van der Waals surface area contributed by atoms with Crippen molar-refractivity contribution in [2.45, 2.75) is 16.7 Å². The minimum atomic E-state index is -0.372. The molecule has 0 saturated heterocycles. The zero-order valence-corrected chi connectivity index (χ0v) is 18.7. The van der Waals surface area contributed by atoms with Crippen molar-refractivity contribution in [1.82, 2.24) is 10.3 Å². The normalized spacial score (nSPS) is 11.4. The second-order valence-electron chi connectivity index (χ2n) is 7.33. The zero-order chi connectivity index (χ0) is 22.9. The second kappa shape index (κ2) is 11.1. The Bertz CT molecular complexity index is 1200. The van der Waals surface area contributed by atoms with Crippen molar-refractivity contribution in [2.24, 2.45) is 0 Å². The van der Waals surface area contributed by atoms with Gasteiger partial charge in [0.2, 0.25) is 5.91 Å². The minimum absolute atomic E-state index is 0.0683. The van der Waals surface area contributed by atoms with E-state index in [2.05, 4.69) is 15.6 Å². The molecule has 0 bridgehead atoms. The first-order chi connectivity index (χ1) is 16.2. The highest BCUT2D eigenvalue weighted by molar-refractivity contribution is 8.00. The molecule has 4 aromatic rings. The smallest absolute Gasteiger partial charge is 0.255 e. The van der Waals surface area contributed by atoms with Crippen LogP contribution < -0.4 is 10.6 Å². The summed E-state index contributed by atoms with van der Waals surface area (Å²) in [5, 5.41) is 5.56. The van der Waals surface area contributed by atoms with Gasteiger partial charge in [-0.25, -0.2) is 0 Å². The minimum Gasteiger partial charge on any atom is -0.351 e. The number of aromatic nitrogens is 1. The summed E-state index contributed by atoms with van der Waals surface area (Å²) in [6.07, 6.45) is 3.16. The average Bonchev–Trinajstić information content (AvgIpc) is 2.88. The van der Waals surface area contributed by atoms with Crippen LogP contribution in [-0.2, 0) is 11.3 Å². The molecule has 3 aromatic carbocycles. The number of hydrogen-bond donors (Lipinski definition) is 2. The highest BCUT2D eigenvalue weighted by Gasteiger charge is 2.21. The van der Waals surface area contributed by atoms with Crippen LogP contribution in [0.3, 0.4) is 0 Å². The summed E-state index contributed by atoms with van der Waals surface area (Å²) < 4.78 is 0. The third-order valence-electron chi connectivity index (χ3n) is 4.93. The molecule has 1 atom stereocenters. The molecule has 164 valence electrons. The van der Waals surface area contributed by atoms with Gasteiger partial charge in [-0.15, -0.1) is 11.8 Å². The van der Waals surface area contributed by atoms with Crippen molar-refractivity contribution in [3.8, 4) is 0 Å². The number of pyridine rings is 1. The number of benzene rings is 3. The summed E-state index contributed by atoms with van der Waals surface area (Å²) in [5.74, 6) is -0.275. The molecule has 5 nitrogen and oxygen atoms in total. The Morgan fingerprint density at radius 2 is 1.52 bits per heavy atom. The van der Waals surface area contributed by atoms with E-state index in [9.17, 15) is 9.59 Å². The predicted octanol–water partition coefficient (Wildman–Crippen LogP) is 5.48. The number of thioether (sulfide) groups is 1. The van der Waals surface area contributed by atoms with E-state index in [1.807, 2.05) is 84.9 Å². The second-order valence-corrected chi connectivity index (χ2v) is 8.51. The highest BCUT2D eigenvalue weighted by Crippen LogP contribution is 2.35. The van der Waals surface area contributed by atoms with Crippen molar-refractivity contribution >= 4 is 29.3 Å². The number of rotatable bonds is 8. The van der Waals surface area contributed by atoms with Crippen LogP contribution in [0.5, 0.6) is 0 Å². The van der Waals surface area contributed by atoms with E-state index in [4.69, 9.17) is 0 Å². The molecule has 6 heteroatoms. The fourth-order valence-corrected chi connectivity index (χ4v) is 4.35. The lowest BCUT2D eigenvalue weighted by molar-refractivity contribution is -0.120.